The van der Waals surface area contributed by atoms with Crippen molar-refractivity contribution in [2.24, 2.45) is 11.7 Å². The number of hydrogen-bond donors (Lipinski definition) is 1. The van der Waals surface area contributed by atoms with Gasteiger partial charge in [0.2, 0.25) is 0 Å². The van der Waals surface area contributed by atoms with Gasteiger partial charge in [-0.3, -0.25) is 0 Å². The molecule has 1 atom stereocenters. The quantitative estimate of drug-likeness (QED) is 0.865. The van der Waals surface area contributed by atoms with Gasteiger partial charge < -0.3 is 5.73 Å². The summed E-state index contributed by atoms with van der Waals surface area (Å²) in [4.78, 5) is 2.34. The van der Waals surface area contributed by atoms with Crippen LogP contribution in [0.3, 0.4) is 0 Å². The summed E-state index contributed by atoms with van der Waals surface area (Å²) < 4.78 is 13.1. The van der Waals surface area contributed by atoms with E-state index in [2.05, 4.69) is 26.0 Å². The lowest BCUT2D eigenvalue weighted by atomic mass is 10.0. The second-order valence-electron chi connectivity index (χ2n) is 4.93. The molecule has 2 rings (SSSR count). The molecule has 0 aliphatic heterocycles. The molecule has 0 bridgehead atoms. The normalized spacial score (nSPS) is 13.0. The summed E-state index contributed by atoms with van der Waals surface area (Å²) in [6.07, 6.45) is 0. The van der Waals surface area contributed by atoms with Crippen molar-refractivity contribution in [2.45, 2.75) is 26.8 Å². The first-order valence-electron chi connectivity index (χ1n) is 6.11. The first-order valence-corrected chi connectivity index (χ1v) is 6.92. The van der Waals surface area contributed by atoms with Crippen LogP contribution in [-0.2, 0) is 0 Å². The van der Waals surface area contributed by atoms with Crippen LogP contribution in [0.5, 0.6) is 0 Å². The Morgan fingerprint density at radius 1 is 1.17 bits per heavy atom. The fourth-order valence-corrected chi connectivity index (χ4v) is 3.18. The zero-order chi connectivity index (χ0) is 13.3. The molecule has 0 saturated carbocycles. The maximum atomic E-state index is 13.1. The first-order chi connectivity index (χ1) is 8.49. The van der Waals surface area contributed by atoms with Gasteiger partial charge in [0.05, 0.1) is 0 Å². The van der Waals surface area contributed by atoms with Crippen molar-refractivity contribution in [2.75, 3.05) is 0 Å². The number of thiophene rings is 1. The predicted octanol–water partition coefficient (Wildman–Crippen LogP) is 4.52. The Morgan fingerprint density at radius 3 is 2.50 bits per heavy atom. The average molecular weight is 263 g/mol. The summed E-state index contributed by atoms with van der Waals surface area (Å²) in [6.45, 7) is 6.17. The molecule has 0 radical (unpaired) electrons. The van der Waals surface area contributed by atoms with Crippen LogP contribution in [0.1, 0.15) is 30.3 Å². The lowest BCUT2D eigenvalue weighted by molar-refractivity contribution is 0.521. The van der Waals surface area contributed by atoms with E-state index in [4.69, 9.17) is 5.73 Å². The number of halogens is 1. The smallest absolute Gasteiger partial charge is 0.123 e. The molecule has 1 aromatic carbocycles. The van der Waals surface area contributed by atoms with Gasteiger partial charge in [0, 0.05) is 15.8 Å². The Kier molecular flexibility index (Phi) is 3.83. The minimum absolute atomic E-state index is 0.0736. The lowest BCUT2D eigenvalue weighted by Crippen LogP contribution is -2.14. The van der Waals surface area contributed by atoms with Crippen LogP contribution in [0.25, 0.3) is 10.4 Å². The Morgan fingerprint density at radius 2 is 1.89 bits per heavy atom. The zero-order valence-electron chi connectivity index (χ0n) is 10.9. The van der Waals surface area contributed by atoms with E-state index < -0.39 is 0 Å². The molecule has 0 aliphatic rings. The van der Waals surface area contributed by atoms with Crippen LogP contribution in [0, 0.1) is 18.7 Å². The van der Waals surface area contributed by atoms with Crippen molar-refractivity contribution >= 4 is 11.3 Å². The number of benzene rings is 1. The molecule has 1 aromatic heterocycles. The summed E-state index contributed by atoms with van der Waals surface area (Å²) >= 11 is 1.69. The summed E-state index contributed by atoms with van der Waals surface area (Å²) in [5, 5.41) is 0. The van der Waals surface area contributed by atoms with Crippen LogP contribution in [-0.4, -0.2) is 0 Å². The second kappa shape index (κ2) is 5.21. The van der Waals surface area contributed by atoms with Crippen molar-refractivity contribution in [1.82, 2.24) is 0 Å². The van der Waals surface area contributed by atoms with Gasteiger partial charge in [0.15, 0.2) is 0 Å². The van der Waals surface area contributed by atoms with E-state index in [0.29, 0.717) is 5.92 Å². The van der Waals surface area contributed by atoms with E-state index in [1.165, 1.54) is 10.9 Å². The largest absolute Gasteiger partial charge is 0.323 e. The Bertz CT molecular complexity index is 545. The van der Waals surface area contributed by atoms with Crippen LogP contribution in [0.2, 0.25) is 0 Å². The van der Waals surface area contributed by atoms with Gasteiger partial charge >= 0.3 is 0 Å². The SMILES string of the molecule is Cc1cc(F)ccc1-c1ccc(C(N)C(C)C)s1. The molecular formula is C15H18FNS. The van der Waals surface area contributed by atoms with E-state index >= 15 is 0 Å². The summed E-state index contributed by atoms with van der Waals surface area (Å²) in [7, 11) is 0. The molecule has 1 heterocycles. The van der Waals surface area contributed by atoms with Crippen LogP contribution in [0.4, 0.5) is 4.39 Å². The minimum atomic E-state index is -0.188. The monoisotopic (exact) mass is 263 g/mol. The van der Waals surface area contributed by atoms with Crippen molar-refractivity contribution in [1.29, 1.82) is 0 Å². The molecule has 0 spiro atoms. The molecule has 0 fully saturated rings. The number of aryl methyl sites for hydroxylation is 1. The molecule has 2 N–H and O–H groups in total. The molecule has 1 unspecified atom stereocenters. The first kappa shape index (κ1) is 13.2. The van der Waals surface area contributed by atoms with E-state index in [1.807, 2.05) is 13.0 Å². The molecular weight excluding hydrogens is 245 g/mol. The second-order valence-corrected chi connectivity index (χ2v) is 6.05. The number of hydrogen-bond acceptors (Lipinski definition) is 2. The van der Waals surface area contributed by atoms with Gasteiger partial charge in [-0.05, 0) is 48.2 Å². The van der Waals surface area contributed by atoms with Crippen molar-refractivity contribution < 1.29 is 4.39 Å². The van der Waals surface area contributed by atoms with E-state index in [0.717, 1.165) is 16.0 Å². The third kappa shape index (κ3) is 2.62. The third-order valence-electron chi connectivity index (χ3n) is 3.13. The summed E-state index contributed by atoms with van der Waals surface area (Å²) in [5.41, 5.74) is 8.19. The zero-order valence-corrected chi connectivity index (χ0v) is 11.7. The molecule has 2 aromatic rings. The Labute approximate surface area is 111 Å². The summed E-state index contributed by atoms with van der Waals surface area (Å²) in [5.74, 6) is 0.234. The lowest BCUT2D eigenvalue weighted by Gasteiger charge is -2.13. The van der Waals surface area contributed by atoms with Gasteiger partial charge in [-0.2, -0.15) is 0 Å². The van der Waals surface area contributed by atoms with Gasteiger partial charge in [0.1, 0.15) is 5.82 Å². The van der Waals surface area contributed by atoms with E-state index in [9.17, 15) is 4.39 Å². The van der Waals surface area contributed by atoms with Gasteiger partial charge in [-0.1, -0.05) is 19.9 Å². The van der Waals surface area contributed by atoms with Gasteiger partial charge in [-0.25, -0.2) is 4.39 Å². The number of rotatable bonds is 3. The molecule has 0 aliphatic carbocycles. The molecule has 3 heteroatoms. The van der Waals surface area contributed by atoms with E-state index in [-0.39, 0.29) is 11.9 Å². The summed E-state index contributed by atoms with van der Waals surface area (Å²) in [6, 6.07) is 9.13. The molecule has 1 nitrogen and oxygen atoms in total. The highest BCUT2D eigenvalue weighted by Gasteiger charge is 2.14. The Balaban J connectivity index is 2.35. The fraction of sp³-hybridized carbons (Fsp3) is 0.333. The van der Waals surface area contributed by atoms with Crippen molar-refractivity contribution in [3.8, 4) is 10.4 Å². The topological polar surface area (TPSA) is 26.0 Å². The van der Waals surface area contributed by atoms with Crippen LogP contribution in [0.15, 0.2) is 30.3 Å². The van der Waals surface area contributed by atoms with Crippen molar-refractivity contribution in [3.63, 3.8) is 0 Å². The molecule has 96 valence electrons. The van der Waals surface area contributed by atoms with Gasteiger partial charge in [0.25, 0.3) is 0 Å². The van der Waals surface area contributed by atoms with Crippen molar-refractivity contribution in [3.05, 3.63) is 46.6 Å². The minimum Gasteiger partial charge on any atom is -0.323 e. The average Bonchev–Trinajstić information content (AvgIpc) is 2.77. The highest BCUT2D eigenvalue weighted by molar-refractivity contribution is 7.15. The maximum absolute atomic E-state index is 13.1. The van der Waals surface area contributed by atoms with Crippen LogP contribution >= 0.6 is 11.3 Å². The van der Waals surface area contributed by atoms with Crippen LogP contribution < -0.4 is 5.73 Å². The van der Waals surface area contributed by atoms with E-state index in [1.54, 1.807) is 17.4 Å². The molecule has 0 saturated heterocycles. The molecule has 0 amide bonds. The molecule has 18 heavy (non-hydrogen) atoms. The highest BCUT2D eigenvalue weighted by Crippen LogP contribution is 2.34. The third-order valence-corrected chi connectivity index (χ3v) is 4.35. The predicted molar refractivity (Wildman–Crippen MR) is 76.2 cm³/mol. The standard InChI is InChI=1S/C15H18FNS/c1-9(2)15(17)14-7-6-13(18-14)12-5-4-11(16)8-10(12)3/h4-9,15H,17H2,1-3H3. The highest BCUT2D eigenvalue weighted by atomic mass is 32.1. The fourth-order valence-electron chi connectivity index (χ4n) is 1.91. The Hall–Kier alpha value is -1.19. The maximum Gasteiger partial charge on any atom is 0.123 e. The van der Waals surface area contributed by atoms with Gasteiger partial charge in [-0.15, -0.1) is 11.3 Å². The number of nitrogens with two attached hydrogens (primary N) is 1.